The summed E-state index contributed by atoms with van der Waals surface area (Å²) in [5, 5.41) is 9.40. The van der Waals surface area contributed by atoms with Gasteiger partial charge in [0.25, 0.3) is 0 Å². The monoisotopic (exact) mass is 221 g/mol. The van der Waals surface area contributed by atoms with Crippen molar-refractivity contribution in [2.24, 2.45) is 0 Å². The quantitative estimate of drug-likeness (QED) is 0.805. The Labute approximate surface area is 96.5 Å². The van der Waals surface area contributed by atoms with Crippen LogP contribution in [0.2, 0.25) is 0 Å². The second-order valence-electron chi connectivity index (χ2n) is 4.42. The van der Waals surface area contributed by atoms with Crippen molar-refractivity contribution < 1.29 is 5.11 Å². The molecule has 0 aliphatic carbocycles. The Morgan fingerprint density at radius 1 is 1.25 bits per heavy atom. The van der Waals surface area contributed by atoms with Crippen LogP contribution < -0.4 is 4.90 Å². The van der Waals surface area contributed by atoms with Crippen molar-refractivity contribution in [2.75, 3.05) is 38.1 Å². The van der Waals surface area contributed by atoms with Crippen molar-refractivity contribution in [1.29, 1.82) is 0 Å². The molecule has 16 heavy (non-hydrogen) atoms. The van der Waals surface area contributed by atoms with Gasteiger partial charge in [0.15, 0.2) is 0 Å². The summed E-state index contributed by atoms with van der Waals surface area (Å²) in [5.41, 5.74) is 0.873. The minimum absolute atomic E-state index is 0.436. The lowest BCUT2D eigenvalue weighted by Crippen LogP contribution is -2.44. The van der Waals surface area contributed by atoms with Crippen LogP contribution in [0.4, 0.5) is 5.82 Å². The van der Waals surface area contributed by atoms with E-state index in [0.717, 1.165) is 37.6 Å². The molecular weight excluding hydrogens is 202 g/mol. The lowest BCUT2D eigenvalue weighted by Gasteiger charge is -2.33. The largest absolute Gasteiger partial charge is 0.389 e. The number of aliphatic hydroxyl groups excluding tert-OH is 1. The SMILES string of the molecule is CC(O)c1ccc(N2CCN(C)CC2)nc1. The van der Waals surface area contributed by atoms with Crippen LogP contribution in [0.5, 0.6) is 0 Å². The van der Waals surface area contributed by atoms with Crippen LogP contribution in [0.3, 0.4) is 0 Å². The number of rotatable bonds is 2. The number of aromatic nitrogens is 1. The van der Waals surface area contributed by atoms with Gasteiger partial charge in [0.1, 0.15) is 5.82 Å². The number of pyridine rings is 1. The Morgan fingerprint density at radius 2 is 1.94 bits per heavy atom. The molecule has 0 spiro atoms. The lowest BCUT2D eigenvalue weighted by molar-refractivity contribution is 0.199. The summed E-state index contributed by atoms with van der Waals surface area (Å²) in [5.74, 6) is 1.01. The fraction of sp³-hybridized carbons (Fsp3) is 0.583. The summed E-state index contributed by atoms with van der Waals surface area (Å²) in [4.78, 5) is 9.00. The maximum absolute atomic E-state index is 9.40. The van der Waals surface area contributed by atoms with Gasteiger partial charge in [-0.1, -0.05) is 6.07 Å². The molecule has 1 aliphatic rings. The molecule has 0 bridgehead atoms. The highest BCUT2D eigenvalue weighted by molar-refractivity contribution is 5.40. The fourth-order valence-electron chi connectivity index (χ4n) is 1.87. The average molecular weight is 221 g/mol. The second-order valence-corrected chi connectivity index (χ2v) is 4.42. The first-order valence-corrected chi connectivity index (χ1v) is 5.74. The maximum Gasteiger partial charge on any atom is 0.128 e. The van der Waals surface area contributed by atoms with Crippen LogP contribution in [0.25, 0.3) is 0 Å². The molecule has 1 unspecified atom stereocenters. The summed E-state index contributed by atoms with van der Waals surface area (Å²) in [6.45, 7) is 5.97. The van der Waals surface area contributed by atoms with E-state index in [1.165, 1.54) is 0 Å². The van der Waals surface area contributed by atoms with E-state index in [4.69, 9.17) is 0 Å². The van der Waals surface area contributed by atoms with Gasteiger partial charge in [-0.2, -0.15) is 0 Å². The molecule has 1 aromatic heterocycles. The summed E-state index contributed by atoms with van der Waals surface area (Å²) < 4.78 is 0. The molecule has 88 valence electrons. The van der Waals surface area contributed by atoms with Crippen molar-refractivity contribution in [3.05, 3.63) is 23.9 Å². The summed E-state index contributed by atoms with van der Waals surface area (Å²) in [6, 6.07) is 3.94. The molecule has 1 aliphatic heterocycles. The van der Waals surface area contributed by atoms with Gasteiger partial charge in [-0.3, -0.25) is 0 Å². The third-order valence-electron chi connectivity index (χ3n) is 3.08. The molecule has 0 amide bonds. The highest BCUT2D eigenvalue weighted by Gasteiger charge is 2.15. The third kappa shape index (κ3) is 2.51. The molecule has 4 nitrogen and oxygen atoms in total. The van der Waals surface area contributed by atoms with E-state index in [-0.39, 0.29) is 0 Å². The van der Waals surface area contributed by atoms with Gasteiger partial charge in [0, 0.05) is 32.4 Å². The zero-order valence-electron chi connectivity index (χ0n) is 9.93. The van der Waals surface area contributed by atoms with Gasteiger partial charge in [-0.15, -0.1) is 0 Å². The van der Waals surface area contributed by atoms with E-state index in [1.54, 1.807) is 13.1 Å². The van der Waals surface area contributed by atoms with Crippen molar-refractivity contribution >= 4 is 5.82 Å². The van der Waals surface area contributed by atoms with E-state index >= 15 is 0 Å². The second kappa shape index (κ2) is 4.80. The van der Waals surface area contributed by atoms with Gasteiger partial charge in [-0.05, 0) is 25.6 Å². The molecule has 1 N–H and O–H groups in total. The van der Waals surface area contributed by atoms with E-state index < -0.39 is 6.10 Å². The van der Waals surface area contributed by atoms with Crippen LogP contribution in [0, 0.1) is 0 Å². The Kier molecular flexibility index (Phi) is 3.41. The van der Waals surface area contributed by atoms with Gasteiger partial charge < -0.3 is 14.9 Å². The Balaban J connectivity index is 2.04. The Hall–Kier alpha value is -1.13. The summed E-state index contributed by atoms with van der Waals surface area (Å²) in [7, 11) is 2.14. The molecule has 1 saturated heterocycles. The predicted molar refractivity (Wildman–Crippen MR) is 64.6 cm³/mol. The minimum Gasteiger partial charge on any atom is -0.389 e. The number of hydrogen-bond donors (Lipinski definition) is 1. The highest BCUT2D eigenvalue weighted by atomic mass is 16.3. The van der Waals surface area contributed by atoms with Crippen LogP contribution in [-0.4, -0.2) is 48.2 Å². The first-order chi connectivity index (χ1) is 7.66. The van der Waals surface area contributed by atoms with Crippen molar-refractivity contribution in [1.82, 2.24) is 9.88 Å². The molecule has 1 atom stereocenters. The minimum atomic E-state index is -0.436. The van der Waals surface area contributed by atoms with Crippen LogP contribution in [0.15, 0.2) is 18.3 Å². The molecule has 0 aromatic carbocycles. The van der Waals surface area contributed by atoms with E-state index in [1.807, 2.05) is 12.1 Å². The van der Waals surface area contributed by atoms with E-state index in [9.17, 15) is 5.11 Å². The zero-order chi connectivity index (χ0) is 11.5. The fourth-order valence-corrected chi connectivity index (χ4v) is 1.87. The van der Waals surface area contributed by atoms with E-state index in [2.05, 4.69) is 21.8 Å². The Morgan fingerprint density at radius 3 is 2.44 bits per heavy atom. The molecular formula is C12H19N3O. The summed E-state index contributed by atoms with van der Waals surface area (Å²) >= 11 is 0. The number of likely N-dealkylation sites (N-methyl/N-ethyl adjacent to an activating group) is 1. The summed E-state index contributed by atoms with van der Waals surface area (Å²) in [6.07, 6.45) is 1.33. The number of hydrogen-bond acceptors (Lipinski definition) is 4. The lowest BCUT2D eigenvalue weighted by atomic mass is 10.2. The maximum atomic E-state index is 9.40. The third-order valence-corrected chi connectivity index (χ3v) is 3.08. The molecule has 2 heterocycles. The first kappa shape index (κ1) is 11.4. The molecule has 0 radical (unpaired) electrons. The average Bonchev–Trinajstić information content (AvgIpc) is 2.30. The van der Waals surface area contributed by atoms with Gasteiger partial charge in [-0.25, -0.2) is 4.98 Å². The van der Waals surface area contributed by atoms with Gasteiger partial charge >= 0.3 is 0 Å². The van der Waals surface area contributed by atoms with Crippen LogP contribution in [-0.2, 0) is 0 Å². The smallest absolute Gasteiger partial charge is 0.128 e. The molecule has 2 rings (SSSR count). The molecule has 4 heteroatoms. The molecule has 0 saturated carbocycles. The number of aliphatic hydroxyl groups is 1. The van der Waals surface area contributed by atoms with Crippen molar-refractivity contribution in [2.45, 2.75) is 13.0 Å². The highest BCUT2D eigenvalue weighted by Crippen LogP contribution is 2.16. The molecule has 1 fully saturated rings. The first-order valence-electron chi connectivity index (χ1n) is 5.74. The molecule has 1 aromatic rings. The predicted octanol–water partition coefficient (Wildman–Crippen LogP) is 0.887. The topological polar surface area (TPSA) is 39.6 Å². The zero-order valence-corrected chi connectivity index (χ0v) is 9.93. The normalized spacial score (nSPS) is 19.8. The number of nitrogens with zero attached hydrogens (tertiary/aromatic N) is 3. The standard InChI is InChI=1S/C12H19N3O/c1-10(16)11-3-4-12(13-9-11)15-7-5-14(2)6-8-15/h3-4,9-10,16H,5-8H2,1-2H3. The van der Waals surface area contributed by atoms with Crippen molar-refractivity contribution in [3.8, 4) is 0 Å². The number of piperazine rings is 1. The van der Waals surface area contributed by atoms with Gasteiger partial charge in [0.05, 0.1) is 6.10 Å². The van der Waals surface area contributed by atoms with Crippen LogP contribution in [0.1, 0.15) is 18.6 Å². The van der Waals surface area contributed by atoms with E-state index in [0.29, 0.717) is 0 Å². The number of anilines is 1. The van der Waals surface area contributed by atoms with Crippen molar-refractivity contribution in [3.63, 3.8) is 0 Å². The van der Waals surface area contributed by atoms with Gasteiger partial charge in [0.2, 0.25) is 0 Å². The van der Waals surface area contributed by atoms with Crippen LogP contribution >= 0.6 is 0 Å². The Bertz CT molecular complexity index is 329.